The van der Waals surface area contributed by atoms with E-state index in [1.165, 1.54) is 10.2 Å². The van der Waals surface area contributed by atoms with Crippen LogP contribution in [0.2, 0.25) is 0 Å². The van der Waals surface area contributed by atoms with E-state index < -0.39 is 10.0 Å². The molecular formula is C15H9BrN2O2S. The Hall–Kier alpha value is -2.10. The van der Waals surface area contributed by atoms with Crippen LogP contribution in [-0.2, 0) is 10.0 Å². The number of nitriles is 1. The molecule has 3 aromatic rings. The molecule has 6 heteroatoms. The quantitative estimate of drug-likeness (QED) is 0.702. The molecule has 0 saturated heterocycles. The smallest absolute Gasteiger partial charge is 0.240 e. The summed E-state index contributed by atoms with van der Waals surface area (Å²) in [4.78, 5) is 0.205. The van der Waals surface area contributed by atoms with Gasteiger partial charge in [-0.05, 0) is 40.2 Å². The number of halogens is 1. The van der Waals surface area contributed by atoms with Crippen molar-refractivity contribution in [3.05, 3.63) is 64.8 Å². The van der Waals surface area contributed by atoms with Crippen molar-refractivity contribution in [3.63, 3.8) is 0 Å². The van der Waals surface area contributed by atoms with E-state index in [1.54, 1.807) is 48.5 Å². The fourth-order valence-electron chi connectivity index (χ4n) is 2.13. The van der Waals surface area contributed by atoms with Gasteiger partial charge < -0.3 is 0 Å². The van der Waals surface area contributed by atoms with Gasteiger partial charge in [0.25, 0.3) is 10.0 Å². The van der Waals surface area contributed by atoms with Crippen molar-refractivity contribution in [2.45, 2.75) is 4.90 Å². The molecule has 0 spiro atoms. The fraction of sp³-hybridized carbons (Fsp3) is 0. The zero-order valence-corrected chi connectivity index (χ0v) is 13.1. The fourth-order valence-corrected chi connectivity index (χ4v) is 4.19. The Balaban J connectivity index is 2.33. The molecule has 0 saturated carbocycles. The van der Waals surface area contributed by atoms with Crippen LogP contribution >= 0.6 is 15.9 Å². The Bertz CT molecular complexity index is 970. The van der Waals surface area contributed by atoms with Crippen molar-refractivity contribution in [3.8, 4) is 6.07 Å². The Morgan fingerprint density at radius 1 is 1.10 bits per heavy atom. The van der Waals surface area contributed by atoms with E-state index in [4.69, 9.17) is 5.26 Å². The SMILES string of the molecule is N#Cc1ccc2c(Br)cn(S(=O)(=O)c3ccccc3)c2c1. The number of rotatable bonds is 2. The Kier molecular flexibility index (Phi) is 3.32. The monoisotopic (exact) mass is 360 g/mol. The summed E-state index contributed by atoms with van der Waals surface area (Å²) in [5.41, 5.74) is 0.891. The van der Waals surface area contributed by atoms with Crippen LogP contribution in [0, 0.1) is 11.3 Å². The van der Waals surface area contributed by atoms with Gasteiger partial charge in [-0.25, -0.2) is 12.4 Å². The van der Waals surface area contributed by atoms with Crippen LogP contribution in [0.25, 0.3) is 10.9 Å². The molecule has 0 atom stereocenters. The number of hydrogen-bond acceptors (Lipinski definition) is 3. The lowest BCUT2D eigenvalue weighted by molar-refractivity contribution is 0.589. The second-order valence-corrected chi connectivity index (χ2v) is 7.10. The van der Waals surface area contributed by atoms with E-state index in [2.05, 4.69) is 15.9 Å². The first-order valence-electron chi connectivity index (χ1n) is 6.05. The molecule has 0 amide bonds. The van der Waals surface area contributed by atoms with Crippen LogP contribution in [-0.4, -0.2) is 12.4 Å². The Morgan fingerprint density at radius 2 is 1.81 bits per heavy atom. The van der Waals surface area contributed by atoms with Gasteiger partial charge in [-0.1, -0.05) is 24.3 Å². The molecule has 0 radical (unpaired) electrons. The van der Waals surface area contributed by atoms with E-state index in [-0.39, 0.29) is 4.90 Å². The van der Waals surface area contributed by atoms with Crippen molar-refractivity contribution < 1.29 is 8.42 Å². The topological polar surface area (TPSA) is 62.9 Å². The molecule has 1 heterocycles. The predicted molar refractivity (Wildman–Crippen MR) is 83.4 cm³/mol. The number of aromatic nitrogens is 1. The largest absolute Gasteiger partial charge is 0.268 e. The molecule has 0 aliphatic carbocycles. The second-order valence-electron chi connectivity index (χ2n) is 4.43. The highest BCUT2D eigenvalue weighted by molar-refractivity contribution is 9.10. The molecule has 0 aliphatic heterocycles. The Morgan fingerprint density at radius 3 is 2.48 bits per heavy atom. The molecule has 4 nitrogen and oxygen atoms in total. The predicted octanol–water partition coefficient (Wildman–Crippen LogP) is 3.51. The third-order valence-electron chi connectivity index (χ3n) is 3.15. The molecule has 0 fully saturated rings. The summed E-state index contributed by atoms with van der Waals surface area (Å²) in [6, 6.07) is 15.2. The average molecular weight is 361 g/mol. The van der Waals surface area contributed by atoms with Gasteiger partial charge in [0.2, 0.25) is 0 Å². The van der Waals surface area contributed by atoms with Crippen LogP contribution < -0.4 is 0 Å². The van der Waals surface area contributed by atoms with Crippen molar-refractivity contribution in [1.82, 2.24) is 3.97 Å². The van der Waals surface area contributed by atoms with Crippen molar-refractivity contribution in [2.24, 2.45) is 0 Å². The molecule has 0 N–H and O–H groups in total. The van der Waals surface area contributed by atoms with Crippen molar-refractivity contribution in [1.29, 1.82) is 5.26 Å². The lowest BCUT2D eigenvalue weighted by Gasteiger charge is -2.07. The summed E-state index contributed by atoms with van der Waals surface area (Å²) < 4.78 is 27.3. The first-order chi connectivity index (χ1) is 10.0. The highest BCUT2D eigenvalue weighted by Crippen LogP contribution is 2.30. The molecule has 0 bridgehead atoms. The van der Waals surface area contributed by atoms with Crippen molar-refractivity contribution in [2.75, 3.05) is 0 Å². The van der Waals surface area contributed by atoms with Crippen LogP contribution in [0.3, 0.4) is 0 Å². The van der Waals surface area contributed by atoms with Gasteiger partial charge in [0.05, 0.1) is 22.0 Å². The van der Waals surface area contributed by atoms with Gasteiger partial charge in [0.15, 0.2) is 0 Å². The summed E-state index contributed by atoms with van der Waals surface area (Å²) in [7, 11) is -3.69. The van der Waals surface area contributed by atoms with Crippen LogP contribution in [0.5, 0.6) is 0 Å². The van der Waals surface area contributed by atoms with Gasteiger partial charge in [0.1, 0.15) is 0 Å². The Labute approximate surface area is 130 Å². The first kappa shape index (κ1) is 13.9. The summed E-state index contributed by atoms with van der Waals surface area (Å²) in [6.45, 7) is 0. The molecular weight excluding hydrogens is 352 g/mol. The highest BCUT2D eigenvalue weighted by Gasteiger charge is 2.20. The van der Waals surface area contributed by atoms with E-state index in [0.29, 0.717) is 15.6 Å². The maximum Gasteiger partial charge on any atom is 0.268 e. The molecule has 104 valence electrons. The highest BCUT2D eigenvalue weighted by atomic mass is 79.9. The number of nitrogens with zero attached hydrogens (tertiary/aromatic N) is 2. The molecule has 0 aliphatic rings. The summed E-state index contributed by atoms with van der Waals surface area (Å²) >= 11 is 3.36. The zero-order chi connectivity index (χ0) is 15.0. The van der Waals surface area contributed by atoms with Gasteiger partial charge in [0, 0.05) is 16.1 Å². The van der Waals surface area contributed by atoms with Gasteiger partial charge in [-0.2, -0.15) is 5.26 Å². The zero-order valence-electron chi connectivity index (χ0n) is 10.7. The molecule has 21 heavy (non-hydrogen) atoms. The number of fused-ring (bicyclic) bond motifs is 1. The van der Waals surface area contributed by atoms with Crippen LogP contribution in [0.4, 0.5) is 0 Å². The average Bonchev–Trinajstić information content (AvgIpc) is 2.85. The summed E-state index contributed by atoms with van der Waals surface area (Å²) in [5, 5.41) is 9.74. The number of hydrogen-bond donors (Lipinski definition) is 0. The molecule has 0 unspecified atom stereocenters. The summed E-state index contributed by atoms with van der Waals surface area (Å²) in [6.07, 6.45) is 1.51. The minimum Gasteiger partial charge on any atom is -0.240 e. The van der Waals surface area contributed by atoms with E-state index in [9.17, 15) is 8.42 Å². The maximum absolute atomic E-state index is 12.7. The van der Waals surface area contributed by atoms with E-state index in [1.807, 2.05) is 6.07 Å². The lowest BCUT2D eigenvalue weighted by Crippen LogP contribution is -2.11. The minimum atomic E-state index is -3.69. The minimum absolute atomic E-state index is 0.205. The standard InChI is InChI=1S/C15H9BrN2O2S/c16-14-10-18(15-8-11(9-17)6-7-13(14)15)21(19,20)12-4-2-1-3-5-12/h1-8,10H. The van der Waals surface area contributed by atoms with E-state index >= 15 is 0 Å². The molecule has 3 rings (SSSR count). The molecule has 2 aromatic carbocycles. The first-order valence-corrected chi connectivity index (χ1v) is 8.28. The normalized spacial score (nSPS) is 11.4. The van der Waals surface area contributed by atoms with Gasteiger partial charge >= 0.3 is 0 Å². The van der Waals surface area contributed by atoms with Gasteiger partial charge in [-0.3, -0.25) is 0 Å². The van der Waals surface area contributed by atoms with Crippen LogP contribution in [0.15, 0.2) is 64.1 Å². The molecule has 1 aromatic heterocycles. The van der Waals surface area contributed by atoms with Crippen LogP contribution in [0.1, 0.15) is 5.56 Å². The van der Waals surface area contributed by atoms with Gasteiger partial charge in [-0.15, -0.1) is 0 Å². The summed E-state index contributed by atoms with van der Waals surface area (Å²) in [5.74, 6) is 0. The lowest BCUT2D eigenvalue weighted by atomic mass is 10.2. The third-order valence-corrected chi connectivity index (χ3v) is 5.47. The number of benzene rings is 2. The van der Waals surface area contributed by atoms with Crippen molar-refractivity contribution >= 4 is 36.9 Å². The maximum atomic E-state index is 12.7. The third kappa shape index (κ3) is 2.24. The second kappa shape index (κ2) is 5.02. The van der Waals surface area contributed by atoms with E-state index in [0.717, 1.165) is 5.39 Å².